The highest BCUT2D eigenvalue weighted by Gasteiger charge is 2.56. The molecule has 2 heterocycles. The Labute approximate surface area is 286 Å². The van der Waals surface area contributed by atoms with E-state index < -0.39 is 35.3 Å². The number of halogens is 3. The first-order valence-corrected chi connectivity index (χ1v) is 16.9. The van der Waals surface area contributed by atoms with Gasteiger partial charge in [0.2, 0.25) is 5.91 Å². The van der Waals surface area contributed by atoms with Crippen molar-refractivity contribution in [2.75, 3.05) is 33.4 Å². The Morgan fingerprint density at radius 2 is 1.71 bits per heavy atom. The summed E-state index contributed by atoms with van der Waals surface area (Å²) >= 11 is 0. The zero-order chi connectivity index (χ0) is 35.5. The van der Waals surface area contributed by atoms with E-state index in [1.165, 1.54) is 4.90 Å². The molecule has 0 unspecified atom stereocenters. The van der Waals surface area contributed by atoms with Crippen molar-refractivity contribution in [2.24, 2.45) is 5.41 Å². The van der Waals surface area contributed by atoms with Crippen LogP contribution < -0.4 is 4.74 Å². The first-order chi connectivity index (χ1) is 23.3. The van der Waals surface area contributed by atoms with Crippen molar-refractivity contribution >= 4 is 11.9 Å². The number of hydrogen-bond donors (Lipinski definition) is 2. The van der Waals surface area contributed by atoms with E-state index in [2.05, 4.69) is 0 Å². The van der Waals surface area contributed by atoms with E-state index >= 15 is 0 Å². The smallest absolute Gasteiger partial charge is 0.416 e. The third kappa shape index (κ3) is 7.43. The maximum absolute atomic E-state index is 14.5. The minimum atomic E-state index is -4.52. The zero-order valence-corrected chi connectivity index (χ0v) is 28.5. The first-order valence-electron chi connectivity index (χ1n) is 16.9. The molecule has 2 aliphatic heterocycles. The molecule has 0 aliphatic carbocycles. The number of fused-ring (bicyclic) bond motifs is 1. The van der Waals surface area contributed by atoms with Gasteiger partial charge < -0.3 is 29.6 Å². The number of alkyl halides is 3. The fourth-order valence-electron chi connectivity index (χ4n) is 7.46. The van der Waals surface area contributed by atoms with Gasteiger partial charge in [-0.2, -0.15) is 13.2 Å². The van der Waals surface area contributed by atoms with Crippen LogP contribution in [0.15, 0.2) is 66.7 Å². The number of carbonyl (C=O) groups is 2. The van der Waals surface area contributed by atoms with Crippen LogP contribution in [0.1, 0.15) is 78.6 Å². The second-order valence-electron chi connectivity index (χ2n) is 13.3. The van der Waals surface area contributed by atoms with Crippen LogP contribution in [0.25, 0.3) is 0 Å². The Balaban J connectivity index is 1.50. The van der Waals surface area contributed by atoms with Gasteiger partial charge in [0.25, 0.3) is 0 Å². The molecule has 0 spiro atoms. The highest BCUT2D eigenvalue weighted by Crippen LogP contribution is 2.49. The SMILES string of the molecule is CCc1cc([C@@H](C)N(C)C(=O)N2CCN3C(=O)C(CCO)(CCO)C[C@H]3[C@@H]2c2ccc(OCc3ccccc3)cc2C)cc(C(F)(F)F)c1. The summed E-state index contributed by atoms with van der Waals surface area (Å²) in [6.45, 7) is 5.83. The third-order valence-electron chi connectivity index (χ3n) is 10.3. The van der Waals surface area contributed by atoms with E-state index in [1.807, 2.05) is 55.5 Å². The summed E-state index contributed by atoms with van der Waals surface area (Å²) in [6.07, 6.45) is -3.40. The van der Waals surface area contributed by atoms with Gasteiger partial charge in [-0.05, 0) is 91.6 Å². The van der Waals surface area contributed by atoms with Gasteiger partial charge in [-0.15, -0.1) is 0 Å². The average molecular weight is 682 g/mol. The molecule has 0 radical (unpaired) electrons. The fraction of sp³-hybridized carbons (Fsp3) is 0.474. The monoisotopic (exact) mass is 681 g/mol. The van der Waals surface area contributed by atoms with Crippen LogP contribution in [0.3, 0.4) is 0 Å². The van der Waals surface area contributed by atoms with E-state index in [4.69, 9.17) is 4.74 Å². The van der Waals surface area contributed by atoms with E-state index in [-0.39, 0.29) is 51.1 Å². The predicted molar refractivity (Wildman–Crippen MR) is 180 cm³/mol. The molecular weight excluding hydrogens is 635 g/mol. The Morgan fingerprint density at radius 1 is 1.02 bits per heavy atom. The second kappa shape index (κ2) is 14.8. The molecule has 3 aromatic carbocycles. The van der Waals surface area contributed by atoms with Crippen LogP contribution in [0, 0.1) is 12.3 Å². The molecule has 2 fully saturated rings. The molecule has 3 atom stereocenters. The molecular formula is C38H46F3N3O5. The number of amides is 3. The molecule has 0 bridgehead atoms. The number of benzene rings is 3. The van der Waals surface area contributed by atoms with Gasteiger partial charge in [-0.1, -0.05) is 49.4 Å². The Bertz CT molecular complexity index is 1630. The van der Waals surface area contributed by atoms with Gasteiger partial charge in [0.1, 0.15) is 12.4 Å². The van der Waals surface area contributed by atoms with E-state index in [1.54, 1.807) is 36.8 Å². The maximum Gasteiger partial charge on any atom is 0.416 e. The standard InChI is InChI=1S/C38H46F3N3O5/c1-5-27-20-29(22-30(21-27)38(39,40)41)26(3)42(4)36(48)44-16-15-43-33(23-37(13-17-45,14-18-46)35(43)47)34(44)32-12-11-31(19-25(32)2)49-24-28-9-7-6-8-10-28/h6-12,19-22,26,33-34,45-46H,5,13-18,23-24H2,1-4H3/t26-,33+,34+/m1/s1. The highest BCUT2D eigenvalue weighted by atomic mass is 19.4. The molecule has 2 aliphatic rings. The molecule has 3 amide bonds. The predicted octanol–water partition coefficient (Wildman–Crippen LogP) is 6.68. The van der Waals surface area contributed by atoms with E-state index in [9.17, 15) is 33.0 Å². The fourth-order valence-corrected chi connectivity index (χ4v) is 7.46. The summed E-state index contributed by atoms with van der Waals surface area (Å²) in [6, 6.07) is 17.3. The number of piperazine rings is 1. The minimum absolute atomic E-state index is 0.143. The average Bonchev–Trinajstić information content (AvgIpc) is 3.36. The van der Waals surface area contributed by atoms with Gasteiger partial charge in [0.15, 0.2) is 0 Å². The van der Waals surface area contributed by atoms with Crippen molar-refractivity contribution in [3.8, 4) is 5.75 Å². The van der Waals surface area contributed by atoms with E-state index in [0.717, 1.165) is 28.8 Å². The molecule has 2 N–H and O–H groups in total. The molecule has 49 heavy (non-hydrogen) atoms. The summed E-state index contributed by atoms with van der Waals surface area (Å²) in [5, 5.41) is 19.9. The molecule has 5 rings (SSSR count). The lowest BCUT2D eigenvalue weighted by atomic mass is 9.77. The molecule has 2 saturated heterocycles. The lowest BCUT2D eigenvalue weighted by Gasteiger charge is -2.47. The number of hydrogen-bond acceptors (Lipinski definition) is 5. The summed E-state index contributed by atoms with van der Waals surface area (Å²) in [5.74, 6) is 0.506. The largest absolute Gasteiger partial charge is 0.489 e. The third-order valence-corrected chi connectivity index (χ3v) is 10.3. The highest BCUT2D eigenvalue weighted by molar-refractivity contribution is 5.86. The topological polar surface area (TPSA) is 93.6 Å². The molecule has 8 nitrogen and oxygen atoms in total. The maximum atomic E-state index is 14.5. The molecule has 11 heteroatoms. The second-order valence-corrected chi connectivity index (χ2v) is 13.3. The van der Waals surface area contributed by atoms with Crippen molar-refractivity contribution in [1.82, 2.24) is 14.7 Å². The molecule has 0 aromatic heterocycles. The van der Waals surface area contributed by atoms with Crippen LogP contribution in [0.2, 0.25) is 0 Å². The molecule has 3 aromatic rings. The quantitative estimate of drug-likeness (QED) is 0.236. The van der Waals surface area contributed by atoms with Crippen LogP contribution in [0.4, 0.5) is 18.0 Å². The number of urea groups is 1. The van der Waals surface area contributed by atoms with E-state index in [0.29, 0.717) is 36.3 Å². The summed E-state index contributed by atoms with van der Waals surface area (Å²) < 4.78 is 47.5. The van der Waals surface area contributed by atoms with Gasteiger partial charge in [0.05, 0.1) is 29.1 Å². The number of carbonyl (C=O) groups excluding carboxylic acids is 2. The summed E-state index contributed by atoms with van der Waals surface area (Å²) in [4.78, 5) is 33.4. The number of rotatable bonds is 11. The lowest BCUT2D eigenvalue weighted by molar-refractivity contribution is -0.140. The number of nitrogens with zero attached hydrogens (tertiary/aromatic N) is 3. The van der Waals surface area contributed by atoms with Gasteiger partial charge in [-0.25, -0.2) is 4.79 Å². The van der Waals surface area contributed by atoms with Crippen LogP contribution in [-0.4, -0.2) is 76.2 Å². The number of ether oxygens (including phenoxy) is 1. The van der Waals surface area contributed by atoms with Crippen molar-refractivity contribution in [3.05, 3.63) is 100 Å². The van der Waals surface area contributed by atoms with Crippen molar-refractivity contribution in [2.45, 2.75) is 77.4 Å². The Kier molecular flexibility index (Phi) is 10.9. The number of aryl methyl sites for hydroxylation is 2. The van der Waals surface area contributed by atoms with Gasteiger partial charge in [-0.3, -0.25) is 4.79 Å². The Hall–Kier alpha value is -4.09. The lowest BCUT2D eigenvalue weighted by Crippen LogP contribution is -2.57. The summed E-state index contributed by atoms with van der Waals surface area (Å²) in [7, 11) is 1.59. The Morgan fingerprint density at radius 3 is 2.33 bits per heavy atom. The normalized spacial score (nSPS) is 19.5. The van der Waals surface area contributed by atoms with Crippen LogP contribution in [-0.2, 0) is 24.0 Å². The van der Waals surface area contributed by atoms with Crippen LogP contribution in [0.5, 0.6) is 5.75 Å². The van der Waals surface area contributed by atoms with Crippen molar-refractivity contribution < 1.29 is 37.7 Å². The summed E-state index contributed by atoms with van der Waals surface area (Å²) in [5.41, 5.74) is 1.89. The minimum Gasteiger partial charge on any atom is -0.489 e. The molecule has 264 valence electrons. The van der Waals surface area contributed by atoms with Gasteiger partial charge >= 0.3 is 12.2 Å². The van der Waals surface area contributed by atoms with Gasteiger partial charge in [0, 0.05) is 33.4 Å². The number of aliphatic hydroxyl groups excluding tert-OH is 2. The number of aliphatic hydroxyl groups is 2. The van der Waals surface area contributed by atoms with Crippen molar-refractivity contribution in [1.29, 1.82) is 0 Å². The zero-order valence-electron chi connectivity index (χ0n) is 28.5. The van der Waals surface area contributed by atoms with Crippen molar-refractivity contribution in [3.63, 3.8) is 0 Å². The van der Waals surface area contributed by atoms with Crippen LogP contribution >= 0.6 is 0 Å². The molecule has 0 saturated carbocycles. The first kappa shape index (κ1) is 36.2.